The first-order valence-corrected chi connectivity index (χ1v) is 17.0. The van der Waals surface area contributed by atoms with Crippen molar-refractivity contribution in [2.24, 2.45) is 0 Å². The summed E-state index contributed by atoms with van der Waals surface area (Å²) in [5, 5.41) is 0. The van der Waals surface area contributed by atoms with Crippen LogP contribution in [0.1, 0.15) is 16.7 Å². The number of aryl methyl sites for hydroxylation is 3. The molecule has 0 unspecified atom stereocenters. The molecule has 5 heteroatoms. The number of hydrogen-bond donors (Lipinski definition) is 0. The Kier molecular flexibility index (Phi) is 6.21. The second-order valence-corrected chi connectivity index (χ2v) is 15.8. The van der Waals surface area contributed by atoms with E-state index < -0.39 is 19.2 Å². The molecule has 3 aromatic rings. The summed E-state index contributed by atoms with van der Waals surface area (Å²) < 4.78 is 18.6. The van der Waals surface area contributed by atoms with Crippen molar-refractivity contribution in [3.8, 4) is 17.2 Å². The van der Waals surface area contributed by atoms with Gasteiger partial charge < -0.3 is 0 Å². The van der Waals surface area contributed by atoms with E-state index in [0.717, 1.165) is 17.2 Å². The first-order valence-electron chi connectivity index (χ1n) is 8.38. The quantitative estimate of drug-likeness (QED) is 0.401. The standard InChI is InChI=1S/3C7H8O.BrH.Zr/c3*1-6-2-4-7(8)5-3-6;;/h3*2-5,8H,1H3;1H;/q;;;;+4/p-4. The molecule has 0 spiro atoms. The molecule has 0 aliphatic carbocycles. The maximum atomic E-state index is 6.21. The van der Waals surface area contributed by atoms with Gasteiger partial charge in [0, 0.05) is 0 Å². The Balaban J connectivity index is 1.86. The van der Waals surface area contributed by atoms with Gasteiger partial charge in [0.15, 0.2) is 0 Å². The normalized spacial score (nSPS) is 11.1. The number of hydrogen-bond acceptors (Lipinski definition) is 3. The van der Waals surface area contributed by atoms with Gasteiger partial charge in [-0.1, -0.05) is 0 Å². The Bertz CT molecular complexity index is 730. The summed E-state index contributed by atoms with van der Waals surface area (Å²) in [7, 11) is 0. The van der Waals surface area contributed by atoms with Gasteiger partial charge in [-0.15, -0.1) is 0 Å². The summed E-state index contributed by atoms with van der Waals surface area (Å²) in [6.07, 6.45) is 0. The molecule has 0 radical (unpaired) electrons. The summed E-state index contributed by atoms with van der Waals surface area (Å²) >= 11 is -0.397. The van der Waals surface area contributed by atoms with Gasteiger partial charge in [0.05, 0.1) is 0 Å². The monoisotopic (exact) mass is 490 g/mol. The fraction of sp³-hybridized carbons (Fsp3) is 0.143. The molecule has 0 heterocycles. The molecule has 134 valence electrons. The third-order valence-electron chi connectivity index (χ3n) is 3.78. The maximum absolute atomic E-state index is 6.21. The van der Waals surface area contributed by atoms with Crippen molar-refractivity contribution in [2.75, 3.05) is 0 Å². The fourth-order valence-corrected chi connectivity index (χ4v) is 9.01. The topological polar surface area (TPSA) is 27.7 Å². The van der Waals surface area contributed by atoms with Gasteiger partial charge in [0.2, 0.25) is 0 Å². The molecule has 0 N–H and O–H groups in total. The molecule has 0 aromatic heterocycles. The Hall–Kier alpha value is -1.58. The predicted octanol–water partition coefficient (Wildman–Crippen LogP) is 6.36. The van der Waals surface area contributed by atoms with Gasteiger partial charge in [0.1, 0.15) is 0 Å². The molecule has 0 atom stereocenters. The average Bonchev–Trinajstić information content (AvgIpc) is 2.61. The van der Waals surface area contributed by atoms with Crippen molar-refractivity contribution < 1.29 is 27.7 Å². The van der Waals surface area contributed by atoms with Crippen LogP contribution in [-0.2, 0) is 19.2 Å². The summed E-state index contributed by atoms with van der Waals surface area (Å²) in [6.45, 7) is 6.13. The number of benzene rings is 3. The van der Waals surface area contributed by atoms with Crippen LogP contribution in [0.15, 0.2) is 72.8 Å². The van der Waals surface area contributed by atoms with Crippen molar-refractivity contribution in [1.29, 1.82) is 0 Å². The third kappa shape index (κ3) is 5.46. The summed E-state index contributed by atoms with van der Waals surface area (Å²) in [4.78, 5) is 0. The van der Waals surface area contributed by atoms with E-state index in [1.165, 1.54) is 16.7 Å². The van der Waals surface area contributed by atoms with Crippen LogP contribution < -0.4 is 8.44 Å². The molecule has 0 amide bonds. The van der Waals surface area contributed by atoms with Gasteiger partial charge in [-0.2, -0.15) is 0 Å². The third-order valence-corrected chi connectivity index (χ3v) is 10.2. The molecule has 26 heavy (non-hydrogen) atoms. The molecule has 3 rings (SSSR count). The van der Waals surface area contributed by atoms with Crippen LogP contribution in [0.5, 0.6) is 17.2 Å². The molecule has 0 saturated heterocycles. The van der Waals surface area contributed by atoms with Crippen molar-refractivity contribution in [3.63, 3.8) is 0 Å². The Morgan fingerprint density at radius 2 is 0.731 bits per heavy atom. The first kappa shape index (κ1) is 19.2. The minimum atomic E-state index is -4.09. The zero-order valence-corrected chi connectivity index (χ0v) is 19.1. The Morgan fingerprint density at radius 3 is 0.962 bits per heavy atom. The fourth-order valence-electron chi connectivity index (χ4n) is 2.30. The Morgan fingerprint density at radius 1 is 0.500 bits per heavy atom. The average molecular weight is 493 g/mol. The van der Waals surface area contributed by atoms with Crippen LogP contribution >= 0.6 is 12.2 Å². The molecule has 0 aliphatic rings. The van der Waals surface area contributed by atoms with Crippen LogP contribution in [-0.4, -0.2) is 0 Å². The van der Waals surface area contributed by atoms with E-state index in [2.05, 4.69) is 12.2 Å². The van der Waals surface area contributed by atoms with E-state index in [0.29, 0.717) is 0 Å². The van der Waals surface area contributed by atoms with E-state index in [4.69, 9.17) is 8.44 Å². The van der Waals surface area contributed by atoms with E-state index in [1.54, 1.807) is 0 Å². The first-order chi connectivity index (χ1) is 12.4. The molecule has 0 saturated carbocycles. The molecule has 0 fully saturated rings. The second kappa shape index (κ2) is 8.41. The SMILES string of the molecule is Cc1ccc([O][Zr]([Br])([O]c2ccc(C)cc2)[O]c2ccc(C)cc2)cc1. The van der Waals surface area contributed by atoms with Gasteiger partial charge in [0.25, 0.3) is 0 Å². The summed E-state index contributed by atoms with van der Waals surface area (Å²) in [5.41, 5.74) is 3.52. The predicted molar refractivity (Wildman–Crippen MR) is 104 cm³/mol. The van der Waals surface area contributed by atoms with Gasteiger partial charge >= 0.3 is 167 Å². The molecule has 3 aromatic carbocycles. The molecule has 3 nitrogen and oxygen atoms in total. The van der Waals surface area contributed by atoms with Crippen molar-refractivity contribution in [1.82, 2.24) is 0 Å². The number of halogens is 1. The van der Waals surface area contributed by atoms with E-state index in [1.807, 2.05) is 93.6 Å². The summed E-state index contributed by atoms with van der Waals surface area (Å²) in [5.74, 6) is 2.17. The van der Waals surface area contributed by atoms with E-state index in [-0.39, 0.29) is 0 Å². The Labute approximate surface area is 166 Å². The van der Waals surface area contributed by atoms with E-state index in [9.17, 15) is 0 Å². The van der Waals surface area contributed by atoms with Crippen LogP contribution in [0, 0.1) is 20.8 Å². The van der Waals surface area contributed by atoms with E-state index >= 15 is 0 Å². The minimum absolute atomic E-state index is 0.725. The molecular formula is C21H21BrO3Zr. The van der Waals surface area contributed by atoms with Crippen LogP contribution in [0.4, 0.5) is 0 Å². The number of rotatable bonds is 6. The van der Waals surface area contributed by atoms with Crippen molar-refractivity contribution in [2.45, 2.75) is 20.8 Å². The van der Waals surface area contributed by atoms with Crippen LogP contribution in [0.3, 0.4) is 0 Å². The second-order valence-electron chi connectivity index (χ2n) is 6.23. The van der Waals surface area contributed by atoms with Crippen LogP contribution in [0.2, 0.25) is 0 Å². The zero-order valence-electron chi connectivity index (χ0n) is 15.0. The van der Waals surface area contributed by atoms with Crippen LogP contribution in [0.25, 0.3) is 0 Å². The zero-order chi connectivity index (χ0) is 18.6. The molecular weight excluding hydrogens is 471 g/mol. The van der Waals surface area contributed by atoms with Gasteiger partial charge in [-0.25, -0.2) is 0 Å². The van der Waals surface area contributed by atoms with Crippen molar-refractivity contribution in [3.05, 3.63) is 89.5 Å². The van der Waals surface area contributed by atoms with Crippen molar-refractivity contribution >= 4 is 12.2 Å². The van der Waals surface area contributed by atoms with Gasteiger partial charge in [-0.05, 0) is 0 Å². The van der Waals surface area contributed by atoms with Gasteiger partial charge in [-0.3, -0.25) is 0 Å². The molecule has 0 bridgehead atoms. The molecule has 0 aliphatic heterocycles. The summed E-state index contributed by atoms with van der Waals surface area (Å²) in [6, 6.07) is 23.6.